The van der Waals surface area contributed by atoms with Crippen LogP contribution in [0.2, 0.25) is 5.02 Å². The lowest BCUT2D eigenvalue weighted by Crippen LogP contribution is -2.42. The molecule has 0 saturated heterocycles. The number of rotatable bonds is 8. The highest BCUT2D eigenvalue weighted by molar-refractivity contribution is 7.89. The van der Waals surface area contributed by atoms with E-state index in [1.165, 1.54) is 12.1 Å². The molecule has 0 aromatic heterocycles. The Morgan fingerprint density at radius 3 is 2.13 bits per heavy atom. The maximum atomic E-state index is 14.4. The number of hydrogen-bond donors (Lipinski definition) is 0. The van der Waals surface area contributed by atoms with Crippen molar-refractivity contribution in [2.45, 2.75) is 37.1 Å². The Kier molecular flexibility index (Phi) is 7.43. The van der Waals surface area contributed by atoms with Gasteiger partial charge in [-0.15, -0.1) is 0 Å². The second kappa shape index (κ2) is 10.8. The largest absolute Gasteiger partial charge is 0.294 e. The van der Waals surface area contributed by atoms with Gasteiger partial charge in [-0.1, -0.05) is 96.9 Å². The van der Waals surface area contributed by atoms with Crippen LogP contribution in [0.4, 0.5) is 0 Å². The molecule has 39 heavy (non-hydrogen) atoms. The zero-order valence-electron chi connectivity index (χ0n) is 21.6. The van der Waals surface area contributed by atoms with E-state index in [-0.39, 0.29) is 16.2 Å². The van der Waals surface area contributed by atoms with Crippen LogP contribution in [0.3, 0.4) is 0 Å². The number of carbonyl (C=O) groups excluding carboxylic acids is 2. The third-order valence-electron chi connectivity index (χ3n) is 7.41. The smallest absolute Gasteiger partial charge is 0.268 e. The van der Waals surface area contributed by atoms with Crippen molar-refractivity contribution >= 4 is 33.3 Å². The lowest BCUT2D eigenvalue weighted by molar-refractivity contribution is 0.0743. The first-order chi connectivity index (χ1) is 18.7. The van der Waals surface area contributed by atoms with Crippen LogP contribution in [-0.4, -0.2) is 24.4 Å². The molecule has 0 bridgehead atoms. The number of benzene rings is 4. The number of ketones is 1. The number of aryl methyl sites for hydroxylation is 1. The zero-order valence-corrected chi connectivity index (χ0v) is 23.2. The van der Waals surface area contributed by atoms with Crippen molar-refractivity contribution in [3.8, 4) is 0 Å². The molecular formula is C32H28ClNO4S. The van der Waals surface area contributed by atoms with Gasteiger partial charge in [-0.05, 0) is 60.7 Å². The molecule has 4 aromatic carbocycles. The molecule has 1 aliphatic heterocycles. The minimum Gasteiger partial charge on any atom is -0.294 e. The number of carbonyl (C=O) groups is 2. The Labute approximate surface area is 234 Å². The number of amides is 1. The molecule has 1 amide bonds. The number of halogens is 1. The molecular weight excluding hydrogens is 530 g/mol. The normalized spacial score (nSPS) is 16.5. The third kappa shape index (κ3) is 4.90. The van der Waals surface area contributed by atoms with Crippen molar-refractivity contribution in [2.24, 2.45) is 5.92 Å². The van der Waals surface area contributed by atoms with Crippen molar-refractivity contribution in [1.29, 1.82) is 0 Å². The minimum absolute atomic E-state index is 0.00436. The van der Waals surface area contributed by atoms with E-state index in [1.807, 2.05) is 32.0 Å². The molecule has 5 nitrogen and oxygen atoms in total. The molecule has 0 saturated carbocycles. The van der Waals surface area contributed by atoms with Crippen LogP contribution in [0.1, 0.15) is 62.7 Å². The van der Waals surface area contributed by atoms with Crippen LogP contribution in [-0.2, 0) is 10.0 Å². The summed E-state index contributed by atoms with van der Waals surface area (Å²) in [6.45, 7) is 3.83. The summed E-state index contributed by atoms with van der Waals surface area (Å²) in [6, 6.07) is 28.3. The molecule has 0 radical (unpaired) electrons. The van der Waals surface area contributed by atoms with Gasteiger partial charge in [-0.25, -0.2) is 12.7 Å². The topological polar surface area (TPSA) is 71.5 Å². The zero-order chi connectivity index (χ0) is 27.7. The van der Waals surface area contributed by atoms with Gasteiger partial charge in [0.05, 0.1) is 16.9 Å². The van der Waals surface area contributed by atoms with Gasteiger partial charge < -0.3 is 0 Å². The monoisotopic (exact) mass is 557 g/mol. The maximum absolute atomic E-state index is 14.4. The summed E-state index contributed by atoms with van der Waals surface area (Å²) in [5, 5.41) is 0.560. The molecule has 1 aliphatic rings. The Morgan fingerprint density at radius 1 is 0.872 bits per heavy atom. The van der Waals surface area contributed by atoms with Gasteiger partial charge in [-0.3, -0.25) is 9.59 Å². The van der Waals surface area contributed by atoms with Gasteiger partial charge in [0.2, 0.25) is 0 Å². The Hall–Kier alpha value is -3.74. The van der Waals surface area contributed by atoms with Crippen LogP contribution in [0.15, 0.2) is 108 Å². The summed E-state index contributed by atoms with van der Waals surface area (Å²) < 4.78 is 29.3. The average molecular weight is 558 g/mol. The lowest BCUT2D eigenvalue weighted by Gasteiger charge is -2.35. The molecule has 198 valence electrons. The molecule has 7 heteroatoms. The molecule has 0 unspecified atom stereocenters. The summed E-state index contributed by atoms with van der Waals surface area (Å²) in [7, 11) is -4.30. The SMILES string of the molecule is CC[C@H](c1ccc(Cl)cc1)[C@@H](C(=O)c1ccccc1)[C@H]1c2ccccc2C(=O)N1S(=O)(=O)c1ccc(C)cc1. The minimum atomic E-state index is -4.30. The molecule has 0 fully saturated rings. The van der Waals surface area contributed by atoms with Crippen LogP contribution in [0.5, 0.6) is 0 Å². The number of fused-ring (bicyclic) bond motifs is 1. The quantitative estimate of drug-likeness (QED) is 0.214. The predicted octanol–water partition coefficient (Wildman–Crippen LogP) is 7.23. The average Bonchev–Trinajstić information content (AvgIpc) is 3.25. The molecule has 0 aliphatic carbocycles. The number of sulfonamides is 1. The van der Waals surface area contributed by atoms with Crippen LogP contribution in [0.25, 0.3) is 0 Å². The summed E-state index contributed by atoms with van der Waals surface area (Å²) >= 11 is 6.17. The predicted molar refractivity (Wildman–Crippen MR) is 152 cm³/mol. The van der Waals surface area contributed by atoms with E-state index in [4.69, 9.17) is 11.6 Å². The molecule has 0 N–H and O–H groups in total. The van der Waals surface area contributed by atoms with Crippen molar-refractivity contribution in [3.63, 3.8) is 0 Å². The molecule has 1 heterocycles. The van der Waals surface area contributed by atoms with Crippen LogP contribution < -0.4 is 0 Å². The van der Waals surface area contributed by atoms with E-state index < -0.39 is 33.8 Å². The Morgan fingerprint density at radius 2 is 1.49 bits per heavy atom. The fraction of sp³-hybridized carbons (Fsp3) is 0.188. The highest BCUT2D eigenvalue weighted by Crippen LogP contribution is 2.49. The molecule has 4 aromatic rings. The highest BCUT2D eigenvalue weighted by Gasteiger charge is 2.51. The standard InChI is InChI=1S/C32H28ClNO4S/c1-3-26(22-15-17-24(33)18-16-22)29(31(35)23-9-5-4-6-10-23)30-27-11-7-8-12-28(27)32(36)34(30)39(37,38)25-19-13-21(2)14-20-25/h4-20,26,29-30H,3H2,1-2H3/t26-,29-,30-/m1/s1. The highest BCUT2D eigenvalue weighted by atomic mass is 35.5. The van der Waals surface area contributed by atoms with Crippen molar-refractivity contribution < 1.29 is 18.0 Å². The summed E-state index contributed by atoms with van der Waals surface area (Å²) in [5.74, 6) is -2.13. The number of nitrogens with zero attached hydrogens (tertiary/aromatic N) is 1. The first-order valence-corrected chi connectivity index (χ1v) is 14.6. The van der Waals surface area contributed by atoms with E-state index in [0.29, 0.717) is 22.6 Å². The van der Waals surface area contributed by atoms with Crippen LogP contribution >= 0.6 is 11.6 Å². The van der Waals surface area contributed by atoms with E-state index >= 15 is 0 Å². The van der Waals surface area contributed by atoms with E-state index in [1.54, 1.807) is 72.8 Å². The fourth-order valence-electron chi connectivity index (χ4n) is 5.49. The van der Waals surface area contributed by atoms with Crippen molar-refractivity contribution in [2.75, 3.05) is 0 Å². The molecule has 0 spiro atoms. The van der Waals surface area contributed by atoms with Crippen molar-refractivity contribution in [1.82, 2.24) is 4.31 Å². The van der Waals surface area contributed by atoms with Crippen LogP contribution in [0, 0.1) is 12.8 Å². The number of Topliss-reactive ketones (excluding diaryl/α,β-unsaturated/α-hetero) is 1. The lowest BCUT2D eigenvalue weighted by atomic mass is 9.74. The molecule has 3 atom stereocenters. The summed E-state index contributed by atoms with van der Waals surface area (Å²) in [4.78, 5) is 28.3. The van der Waals surface area contributed by atoms with Gasteiger partial charge in [0.15, 0.2) is 5.78 Å². The summed E-state index contributed by atoms with van der Waals surface area (Å²) in [6.07, 6.45) is 0.538. The fourth-order valence-corrected chi connectivity index (χ4v) is 7.18. The second-order valence-electron chi connectivity index (χ2n) is 9.77. The van der Waals surface area contributed by atoms with Gasteiger partial charge in [0.1, 0.15) is 0 Å². The Balaban J connectivity index is 1.75. The van der Waals surface area contributed by atoms with Crippen molar-refractivity contribution in [3.05, 3.63) is 136 Å². The number of hydrogen-bond acceptors (Lipinski definition) is 4. The van der Waals surface area contributed by atoms with E-state index in [9.17, 15) is 18.0 Å². The van der Waals surface area contributed by atoms with E-state index in [0.717, 1.165) is 15.4 Å². The van der Waals surface area contributed by atoms with Gasteiger partial charge in [0, 0.05) is 16.1 Å². The Bertz CT molecular complexity index is 1620. The van der Waals surface area contributed by atoms with Gasteiger partial charge in [0.25, 0.3) is 15.9 Å². The molecule has 5 rings (SSSR count). The van der Waals surface area contributed by atoms with E-state index in [2.05, 4.69) is 0 Å². The summed E-state index contributed by atoms with van der Waals surface area (Å²) in [5.41, 5.74) is 3.02. The first-order valence-electron chi connectivity index (χ1n) is 12.8. The van der Waals surface area contributed by atoms with Gasteiger partial charge in [-0.2, -0.15) is 0 Å². The second-order valence-corrected chi connectivity index (χ2v) is 12.0. The third-order valence-corrected chi connectivity index (χ3v) is 9.44. The first kappa shape index (κ1) is 26.9. The maximum Gasteiger partial charge on any atom is 0.268 e. The van der Waals surface area contributed by atoms with Gasteiger partial charge >= 0.3 is 0 Å².